The van der Waals surface area contributed by atoms with E-state index in [1.807, 2.05) is 6.92 Å². The van der Waals surface area contributed by atoms with Gasteiger partial charge in [0.25, 0.3) is 0 Å². The molecule has 0 aromatic rings. The second-order valence-electron chi connectivity index (χ2n) is 5.77. The third kappa shape index (κ3) is 3.48. The standard InChI is InChI=1S/C13H26N2O/c1-10(6-5-9-14)12(16)15-11-7-4-8-13(11,2)3/h10-11H,4-9,14H2,1-3H3,(H,15,16). The van der Waals surface area contributed by atoms with Crippen molar-refractivity contribution in [3.63, 3.8) is 0 Å². The van der Waals surface area contributed by atoms with E-state index < -0.39 is 0 Å². The summed E-state index contributed by atoms with van der Waals surface area (Å²) < 4.78 is 0. The highest BCUT2D eigenvalue weighted by Gasteiger charge is 2.35. The van der Waals surface area contributed by atoms with E-state index in [2.05, 4.69) is 19.2 Å². The first-order valence-corrected chi connectivity index (χ1v) is 6.48. The molecule has 0 saturated heterocycles. The SMILES string of the molecule is CC(CCCN)C(=O)NC1CCCC1(C)C. The lowest BCUT2D eigenvalue weighted by atomic mass is 9.87. The minimum Gasteiger partial charge on any atom is -0.353 e. The second kappa shape index (κ2) is 5.67. The fourth-order valence-electron chi connectivity index (χ4n) is 2.46. The van der Waals surface area contributed by atoms with Crippen LogP contribution in [0, 0.1) is 11.3 Å². The van der Waals surface area contributed by atoms with Gasteiger partial charge in [-0.1, -0.05) is 27.2 Å². The molecule has 1 aliphatic carbocycles. The van der Waals surface area contributed by atoms with E-state index in [1.165, 1.54) is 12.8 Å². The zero-order valence-electron chi connectivity index (χ0n) is 10.9. The Morgan fingerprint density at radius 2 is 2.25 bits per heavy atom. The zero-order chi connectivity index (χ0) is 12.2. The fourth-order valence-corrected chi connectivity index (χ4v) is 2.46. The molecule has 1 aliphatic rings. The van der Waals surface area contributed by atoms with Crippen LogP contribution in [0.1, 0.15) is 52.9 Å². The van der Waals surface area contributed by atoms with Gasteiger partial charge in [-0.05, 0) is 37.6 Å². The summed E-state index contributed by atoms with van der Waals surface area (Å²) in [6, 6.07) is 0.361. The van der Waals surface area contributed by atoms with E-state index >= 15 is 0 Å². The van der Waals surface area contributed by atoms with Crippen molar-refractivity contribution in [1.29, 1.82) is 0 Å². The largest absolute Gasteiger partial charge is 0.353 e. The summed E-state index contributed by atoms with van der Waals surface area (Å²) in [6.45, 7) is 7.16. The van der Waals surface area contributed by atoms with E-state index in [-0.39, 0.29) is 17.2 Å². The van der Waals surface area contributed by atoms with Gasteiger partial charge in [0.05, 0.1) is 0 Å². The second-order valence-corrected chi connectivity index (χ2v) is 5.77. The molecule has 3 nitrogen and oxygen atoms in total. The number of hydrogen-bond acceptors (Lipinski definition) is 2. The number of rotatable bonds is 5. The Morgan fingerprint density at radius 3 is 2.75 bits per heavy atom. The summed E-state index contributed by atoms with van der Waals surface area (Å²) >= 11 is 0. The first-order valence-electron chi connectivity index (χ1n) is 6.48. The van der Waals surface area contributed by atoms with Crippen molar-refractivity contribution >= 4 is 5.91 Å². The minimum absolute atomic E-state index is 0.0972. The van der Waals surface area contributed by atoms with Crippen LogP contribution in [0.5, 0.6) is 0 Å². The molecule has 94 valence electrons. The molecule has 2 atom stereocenters. The molecular formula is C13H26N2O. The molecule has 1 amide bonds. The Kier molecular flexibility index (Phi) is 4.78. The molecule has 0 aromatic carbocycles. The lowest BCUT2D eigenvalue weighted by Crippen LogP contribution is -2.43. The van der Waals surface area contributed by atoms with Gasteiger partial charge in [0.15, 0.2) is 0 Å². The smallest absolute Gasteiger partial charge is 0.223 e. The summed E-state index contributed by atoms with van der Waals surface area (Å²) in [5, 5.41) is 3.20. The first-order chi connectivity index (χ1) is 7.47. The maximum absolute atomic E-state index is 11.9. The van der Waals surface area contributed by atoms with Crippen molar-refractivity contribution in [2.75, 3.05) is 6.54 Å². The first kappa shape index (κ1) is 13.5. The van der Waals surface area contributed by atoms with Crippen LogP contribution in [0.25, 0.3) is 0 Å². The third-order valence-electron chi connectivity index (χ3n) is 3.86. The summed E-state index contributed by atoms with van der Waals surface area (Å²) in [5.74, 6) is 0.299. The fraction of sp³-hybridized carbons (Fsp3) is 0.923. The molecule has 3 N–H and O–H groups in total. The molecule has 0 bridgehead atoms. The predicted octanol–water partition coefficient (Wildman–Crippen LogP) is 2.06. The van der Waals surface area contributed by atoms with Gasteiger partial charge in [0.1, 0.15) is 0 Å². The van der Waals surface area contributed by atoms with Gasteiger partial charge in [-0.15, -0.1) is 0 Å². The molecule has 1 rings (SSSR count). The van der Waals surface area contributed by atoms with Crippen molar-refractivity contribution in [2.45, 2.75) is 58.9 Å². The Hall–Kier alpha value is -0.570. The van der Waals surface area contributed by atoms with E-state index in [0.29, 0.717) is 12.6 Å². The summed E-state index contributed by atoms with van der Waals surface area (Å²) in [6.07, 6.45) is 5.41. The number of nitrogens with one attached hydrogen (secondary N) is 1. The van der Waals surface area contributed by atoms with Crippen LogP contribution in [0.2, 0.25) is 0 Å². The highest BCUT2D eigenvalue weighted by Crippen LogP contribution is 2.37. The molecule has 1 fully saturated rings. The zero-order valence-corrected chi connectivity index (χ0v) is 10.9. The van der Waals surface area contributed by atoms with Gasteiger partial charge in [0, 0.05) is 12.0 Å². The van der Waals surface area contributed by atoms with E-state index in [0.717, 1.165) is 19.3 Å². The van der Waals surface area contributed by atoms with Crippen LogP contribution < -0.4 is 11.1 Å². The van der Waals surface area contributed by atoms with Crippen molar-refractivity contribution in [3.05, 3.63) is 0 Å². The monoisotopic (exact) mass is 226 g/mol. The van der Waals surface area contributed by atoms with Crippen LogP contribution in [0.3, 0.4) is 0 Å². The van der Waals surface area contributed by atoms with Gasteiger partial charge < -0.3 is 11.1 Å². The van der Waals surface area contributed by atoms with Gasteiger partial charge in [-0.25, -0.2) is 0 Å². The number of hydrogen-bond donors (Lipinski definition) is 2. The van der Waals surface area contributed by atoms with Crippen LogP contribution in [-0.2, 0) is 4.79 Å². The summed E-state index contributed by atoms with van der Waals surface area (Å²) in [5.41, 5.74) is 5.72. The summed E-state index contributed by atoms with van der Waals surface area (Å²) in [4.78, 5) is 11.9. The van der Waals surface area contributed by atoms with Crippen molar-refractivity contribution in [3.8, 4) is 0 Å². The molecule has 0 aliphatic heterocycles. The van der Waals surface area contributed by atoms with Crippen LogP contribution in [0.4, 0.5) is 0 Å². The Labute approximate surface area is 99.2 Å². The van der Waals surface area contributed by atoms with Crippen LogP contribution in [0.15, 0.2) is 0 Å². The molecule has 0 spiro atoms. The Balaban J connectivity index is 2.39. The van der Waals surface area contributed by atoms with Gasteiger partial charge in [-0.3, -0.25) is 4.79 Å². The normalized spacial score (nSPS) is 25.4. The average molecular weight is 226 g/mol. The molecule has 16 heavy (non-hydrogen) atoms. The number of amides is 1. The maximum Gasteiger partial charge on any atom is 0.223 e. The van der Waals surface area contributed by atoms with Crippen LogP contribution >= 0.6 is 0 Å². The lowest BCUT2D eigenvalue weighted by molar-refractivity contribution is -0.126. The highest BCUT2D eigenvalue weighted by molar-refractivity contribution is 5.78. The molecular weight excluding hydrogens is 200 g/mol. The van der Waals surface area contributed by atoms with E-state index in [1.54, 1.807) is 0 Å². The van der Waals surface area contributed by atoms with Crippen LogP contribution in [-0.4, -0.2) is 18.5 Å². The van der Waals surface area contributed by atoms with E-state index in [4.69, 9.17) is 5.73 Å². The number of carbonyl (C=O) groups is 1. The predicted molar refractivity (Wildman–Crippen MR) is 67.0 cm³/mol. The third-order valence-corrected chi connectivity index (χ3v) is 3.86. The lowest BCUT2D eigenvalue weighted by Gasteiger charge is -2.29. The van der Waals surface area contributed by atoms with Gasteiger partial charge >= 0.3 is 0 Å². The molecule has 3 heteroatoms. The van der Waals surface area contributed by atoms with E-state index in [9.17, 15) is 4.79 Å². The van der Waals surface area contributed by atoms with Crippen molar-refractivity contribution in [2.24, 2.45) is 17.1 Å². The van der Waals surface area contributed by atoms with Crippen molar-refractivity contribution < 1.29 is 4.79 Å². The molecule has 0 radical (unpaired) electrons. The highest BCUT2D eigenvalue weighted by atomic mass is 16.1. The quantitative estimate of drug-likeness (QED) is 0.754. The topological polar surface area (TPSA) is 55.1 Å². The number of nitrogens with two attached hydrogens (primary N) is 1. The molecule has 2 unspecified atom stereocenters. The van der Waals surface area contributed by atoms with Gasteiger partial charge in [-0.2, -0.15) is 0 Å². The molecule has 0 aromatic heterocycles. The average Bonchev–Trinajstić information content (AvgIpc) is 2.54. The molecule has 0 heterocycles. The Bertz CT molecular complexity index is 238. The summed E-state index contributed by atoms with van der Waals surface area (Å²) in [7, 11) is 0. The number of carbonyl (C=O) groups excluding carboxylic acids is 1. The molecule has 1 saturated carbocycles. The van der Waals surface area contributed by atoms with Gasteiger partial charge in [0.2, 0.25) is 5.91 Å². The minimum atomic E-state index is 0.0972. The van der Waals surface area contributed by atoms with Crippen molar-refractivity contribution in [1.82, 2.24) is 5.32 Å². The maximum atomic E-state index is 11.9. The Morgan fingerprint density at radius 1 is 1.56 bits per heavy atom.